The van der Waals surface area contributed by atoms with Gasteiger partial charge >= 0.3 is 0 Å². The van der Waals surface area contributed by atoms with Crippen molar-refractivity contribution in [3.8, 4) is 0 Å². The summed E-state index contributed by atoms with van der Waals surface area (Å²) in [5.74, 6) is 0. The molecule has 0 aromatic carbocycles. The molecule has 0 bridgehead atoms. The normalized spacial score (nSPS) is 11.8. The third-order valence-corrected chi connectivity index (χ3v) is 1.47. The Kier molecular flexibility index (Phi) is 17.0. The van der Waals surface area contributed by atoms with Crippen LogP contribution in [0.25, 0.3) is 0 Å². The molecular formula is C10H24O3. The summed E-state index contributed by atoms with van der Waals surface area (Å²) in [6.45, 7) is 4.53. The van der Waals surface area contributed by atoms with Crippen LogP contribution in [0.3, 0.4) is 0 Å². The summed E-state index contributed by atoms with van der Waals surface area (Å²) in [4.78, 5) is 0. The second kappa shape index (κ2) is 14.4. The van der Waals surface area contributed by atoms with Crippen LogP contribution in [0.1, 0.15) is 39.5 Å². The zero-order valence-corrected chi connectivity index (χ0v) is 9.12. The van der Waals surface area contributed by atoms with E-state index in [9.17, 15) is 0 Å². The van der Waals surface area contributed by atoms with Crippen LogP contribution >= 0.6 is 0 Å². The van der Waals surface area contributed by atoms with E-state index in [1.807, 2.05) is 0 Å². The third kappa shape index (κ3) is 24.5. The third-order valence-electron chi connectivity index (χ3n) is 1.47. The molecule has 0 heterocycles. The van der Waals surface area contributed by atoms with Crippen LogP contribution in [0.5, 0.6) is 0 Å². The van der Waals surface area contributed by atoms with E-state index in [0.717, 1.165) is 6.61 Å². The van der Waals surface area contributed by atoms with E-state index in [1.165, 1.54) is 32.6 Å². The van der Waals surface area contributed by atoms with Crippen LogP contribution in [0.2, 0.25) is 0 Å². The van der Waals surface area contributed by atoms with Crippen LogP contribution in [0.4, 0.5) is 0 Å². The Balaban J connectivity index is 0. The fourth-order valence-corrected chi connectivity index (χ4v) is 0.673. The van der Waals surface area contributed by atoms with Crippen LogP contribution in [0, 0.1) is 0 Å². The van der Waals surface area contributed by atoms with Crippen molar-refractivity contribution in [3.63, 3.8) is 0 Å². The van der Waals surface area contributed by atoms with Crippen molar-refractivity contribution in [1.29, 1.82) is 0 Å². The summed E-state index contributed by atoms with van der Waals surface area (Å²) in [6.07, 6.45) is 4.65. The average molecular weight is 192 g/mol. The molecule has 0 saturated heterocycles. The van der Waals surface area contributed by atoms with Gasteiger partial charge in [-0.15, -0.1) is 0 Å². The topological polar surface area (TPSA) is 49.7 Å². The number of aliphatic hydroxyl groups is 2. The molecule has 0 fully saturated rings. The first-order valence-corrected chi connectivity index (χ1v) is 4.96. The Morgan fingerprint density at radius 3 is 2.08 bits per heavy atom. The fourth-order valence-electron chi connectivity index (χ4n) is 0.673. The molecule has 0 rings (SSSR count). The molecule has 0 aliphatic carbocycles. The van der Waals surface area contributed by atoms with Gasteiger partial charge in [0.05, 0.1) is 12.7 Å². The molecule has 1 unspecified atom stereocenters. The maximum absolute atomic E-state index is 8.11. The Morgan fingerprint density at radius 1 is 1.23 bits per heavy atom. The standard InChI is InChI=1S/C7H16O.C3H8O2/c1-3-4-5-6-7-8-2;1-3(5)2-4/h3-7H2,1-2H3;3-5H,2H2,1H3. The first-order valence-electron chi connectivity index (χ1n) is 4.96. The van der Waals surface area contributed by atoms with Gasteiger partial charge < -0.3 is 14.9 Å². The summed E-state index contributed by atoms with van der Waals surface area (Å²) in [6, 6.07) is 0. The lowest BCUT2D eigenvalue weighted by atomic mass is 10.2. The van der Waals surface area contributed by atoms with Gasteiger partial charge in [0.1, 0.15) is 0 Å². The summed E-state index contributed by atoms with van der Waals surface area (Å²) < 4.78 is 4.89. The first kappa shape index (κ1) is 15.4. The minimum absolute atomic E-state index is 0.139. The van der Waals surface area contributed by atoms with Gasteiger partial charge in [-0.25, -0.2) is 0 Å². The molecule has 0 aliphatic rings. The Bertz CT molecular complexity index is 68.6. The van der Waals surface area contributed by atoms with Crippen molar-refractivity contribution in [1.82, 2.24) is 0 Å². The monoisotopic (exact) mass is 192 g/mol. The minimum atomic E-state index is -0.560. The van der Waals surface area contributed by atoms with Crippen LogP contribution in [-0.4, -0.2) is 36.6 Å². The zero-order valence-electron chi connectivity index (χ0n) is 9.12. The molecule has 0 aromatic heterocycles. The second-order valence-electron chi connectivity index (χ2n) is 3.09. The molecule has 1 atom stereocenters. The Labute approximate surface area is 81.7 Å². The lowest BCUT2D eigenvalue weighted by Gasteiger charge is -1.95. The molecule has 2 N–H and O–H groups in total. The number of hydrogen-bond donors (Lipinski definition) is 2. The SMILES string of the molecule is CC(O)CO.CCCCCCOC. The predicted octanol–water partition coefficient (Wildman–Crippen LogP) is 1.57. The molecule has 0 amide bonds. The van der Waals surface area contributed by atoms with Crippen molar-refractivity contribution in [2.24, 2.45) is 0 Å². The summed E-state index contributed by atoms with van der Waals surface area (Å²) in [7, 11) is 1.76. The van der Waals surface area contributed by atoms with Gasteiger partial charge in [-0.2, -0.15) is 0 Å². The fraction of sp³-hybridized carbons (Fsp3) is 1.00. The van der Waals surface area contributed by atoms with Crippen LogP contribution in [0.15, 0.2) is 0 Å². The molecular weight excluding hydrogens is 168 g/mol. The van der Waals surface area contributed by atoms with Gasteiger partial charge in [-0.3, -0.25) is 0 Å². The van der Waals surface area contributed by atoms with Crippen molar-refractivity contribution in [2.45, 2.75) is 45.6 Å². The molecule has 3 heteroatoms. The van der Waals surface area contributed by atoms with E-state index in [2.05, 4.69) is 6.92 Å². The second-order valence-corrected chi connectivity index (χ2v) is 3.09. The number of rotatable bonds is 6. The molecule has 13 heavy (non-hydrogen) atoms. The van der Waals surface area contributed by atoms with Crippen LogP contribution in [-0.2, 0) is 4.74 Å². The van der Waals surface area contributed by atoms with Gasteiger partial charge in [-0.1, -0.05) is 26.2 Å². The van der Waals surface area contributed by atoms with E-state index in [-0.39, 0.29) is 6.61 Å². The van der Waals surface area contributed by atoms with Gasteiger partial charge in [0.25, 0.3) is 0 Å². The van der Waals surface area contributed by atoms with Crippen molar-refractivity contribution in [2.75, 3.05) is 20.3 Å². The van der Waals surface area contributed by atoms with Crippen molar-refractivity contribution < 1.29 is 14.9 Å². The molecule has 0 aliphatic heterocycles. The van der Waals surface area contributed by atoms with Crippen molar-refractivity contribution >= 4 is 0 Å². The smallest absolute Gasteiger partial charge is 0.0742 e. The largest absolute Gasteiger partial charge is 0.394 e. The van der Waals surface area contributed by atoms with E-state index < -0.39 is 6.10 Å². The number of hydrogen-bond acceptors (Lipinski definition) is 3. The maximum atomic E-state index is 8.11. The summed E-state index contributed by atoms with van der Waals surface area (Å²) in [5.41, 5.74) is 0. The van der Waals surface area contributed by atoms with E-state index in [0.29, 0.717) is 0 Å². The lowest BCUT2D eigenvalue weighted by molar-refractivity contribution is 0.110. The number of aliphatic hydroxyl groups excluding tert-OH is 2. The molecule has 0 saturated carbocycles. The Hall–Kier alpha value is -0.120. The minimum Gasteiger partial charge on any atom is -0.394 e. The molecule has 82 valence electrons. The quantitative estimate of drug-likeness (QED) is 0.628. The average Bonchev–Trinajstić information content (AvgIpc) is 2.14. The summed E-state index contributed by atoms with van der Waals surface area (Å²) in [5, 5.41) is 16.0. The zero-order chi connectivity index (χ0) is 10.5. The molecule has 0 radical (unpaired) electrons. The van der Waals surface area contributed by atoms with E-state index in [4.69, 9.17) is 14.9 Å². The highest BCUT2D eigenvalue weighted by atomic mass is 16.5. The van der Waals surface area contributed by atoms with Crippen molar-refractivity contribution in [3.05, 3.63) is 0 Å². The highest BCUT2D eigenvalue weighted by Gasteiger charge is 1.83. The molecule has 0 aromatic rings. The lowest BCUT2D eigenvalue weighted by Crippen LogP contribution is -2.03. The van der Waals surface area contributed by atoms with Gasteiger partial charge in [0.15, 0.2) is 0 Å². The van der Waals surface area contributed by atoms with Gasteiger partial charge in [0, 0.05) is 13.7 Å². The first-order chi connectivity index (χ1) is 6.18. The predicted molar refractivity (Wildman–Crippen MR) is 54.8 cm³/mol. The number of ether oxygens (including phenoxy) is 1. The molecule has 3 nitrogen and oxygen atoms in total. The maximum Gasteiger partial charge on any atom is 0.0742 e. The van der Waals surface area contributed by atoms with Gasteiger partial charge in [0.2, 0.25) is 0 Å². The Morgan fingerprint density at radius 2 is 1.77 bits per heavy atom. The van der Waals surface area contributed by atoms with E-state index in [1.54, 1.807) is 7.11 Å². The van der Waals surface area contributed by atoms with Gasteiger partial charge in [-0.05, 0) is 13.3 Å². The summed E-state index contributed by atoms with van der Waals surface area (Å²) >= 11 is 0. The molecule has 0 spiro atoms. The number of unbranched alkanes of at least 4 members (excludes halogenated alkanes) is 3. The van der Waals surface area contributed by atoms with Crippen LogP contribution < -0.4 is 0 Å². The highest BCUT2D eigenvalue weighted by Crippen LogP contribution is 1.97. The highest BCUT2D eigenvalue weighted by molar-refractivity contribution is 4.37. The van der Waals surface area contributed by atoms with E-state index >= 15 is 0 Å². The number of methoxy groups -OCH3 is 1.